The summed E-state index contributed by atoms with van der Waals surface area (Å²) in [6.07, 6.45) is 4.85. The van der Waals surface area contributed by atoms with Gasteiger partial charge in [-0.2, -0.15) is 0 Å². The number of guanidine groups is 1. The first-order valence-electron chi connectivity index (χ1n) is 8.92. The van der Waals surface area contributed by atoms with Crippen LogP contribution in [0.2, 0.25) is 0 Å². The van der Waals surface area contributed by atoms with Gasteiger partial charge < -0.3 is 15.5 Å². The second-order valence-electron chi connectivity index (χ2n) is 6.73. The van der Waals surface area contributed by atoms with Crippen LogP contribution in [0.15, 0.2) is 28.1 Å². The maximum absolute atomic E-state index is 4.35. The van der Waals surface area contributed by atoms with Gasteiger partial charge in [0.2, 0.25) is 0 Å². The summed E-state index contributed by atoms with van der Waals surface area (Å²) in [5.41, 5.74) is 2.63. The average Bonchev–Trinajstić information content (AvgIpc) is 3.08. The molecule has 0 spiro atoms. The number of nitrogens with zero attached hydrogens (tertiary/aromatic N) is 2. The number of aryl methyl sites for hydroxylation is 1. The van der Waals surface area contributed by atoms with Crippen molar-refractivity contribution in [3.8, 4) is 0 Å². The number of nitrogens with one attached hydrogen (secondary N) is 2. The summed E-state index contributed by atoms with van der Waals surface area (Å²) in [6.45, 7) is 9.92. The summed E-state index contributed by atoms with van der Waals surface area (Å²) in [4.78, 5) is 8.26. The van der Waals surface area contributed by atoms with E-state index in [-0.39, 0.29) is 0 Å². The molecule has 5 heteroatoms. The molecule has 0 radical (unpaired) electrons. The molecule has 1 aromatic carbocycles. The third kappa shape index (κ3) is 6.02. The average molecular weight is 349 g/mol. The van der Waals surface area contributed by atoms with Gasteiger partial charge in [-0.15, -0.1) is 11.8 Å². The highest BCUT2D eigenvalue weighted by Gasteiger charge is 2.14. The zero-order valence-electron chi connectivity index (χ0n) is 15.6. The summed E-state index contributed by atoms with van der Waals surface area (Å²) < 4.78 is 0. The van der Waals surface area contributed by atoms with Gasteiger partial charge in [-0.1, -0.05) is 19.1 Å². The van der Waals surface area contributed by atoms with Crippen LogP contribution in [0.5, 0.6) is 0 Å². The summed E-state index contributed by atoms with van der Waals surface area (Å²) >= 11 is 1.80. The molecule has 1 heterocycles. The smallest absolute Gasteiger partial charge is 0.191 e. The molecule has 2 N–H and O–H groups in total. The molecule has 1 atom stereocenters. The number of rotatable bonds is 7. The van der Waals surface area contributed by atoms with Crippen molar-refractivity contribution in [3.05, 3.63) is 29.3 Å². The monoisotopic (exact) mass is 348 g/mol. The Balaban J connectivity index is 1.77. The first-order valence-corrected chi connectivity index (χ1v) is 10.1. The highest BCUT2D eigenvalue weighted by atomic mass is 32.2. The molecule has 0 aliphatic carbocycles. The molecular formula is C19H32N4S. The van der Waals surface area contributed by atoms with Crippen molar-refractivity contribution in [2.75, 3.05) is 39.5 Å². The topological polar surface area (TPSA) is 39.7 Å². The fourth-order valence-corrected chi connectivity index (χ4v) is 3.84. The fourth-order valence-electron chi connectivity index (χ4n) is 3.14. The van der Waals surface area contributed by atoms with Crippen LogP contribution in [0.25, 0.3) is 0 Å². The molecule has 24 heavy (non-hydrogen) atoms. The number of thioether (sulfide) groups is 1. The quantitative estimate of drug-likeness (QED) is 0.451. The zero-order valence-corrected chi connectivity index (χ0v) is 16.4. The normalized spacial score (nSPS) is 17.1. The van der Waals surface area contributed by atoms with E-state index < -0.39 is 0 Å². The Labute approximate surface area is 151 Å². The van der Waals surface area contributed by atoms with Crippen molar-refractivity contribution in [1.82, 2.24) is 15.5 Å². The molecule has 1 saturated heterocycles. The predicted molar refractivity (Wildman–Crippen MR) is 106 cm³/mol. The molecule has 0 bridgehead atoms. The van der Waals surface area contributed by atoms with Gasteiger partial charge in [-0.05, 0) is 62.2 Å². The molecular weight excluding hydrogens is 316 g/mol. The van der Waals surface area contributed by atoms with Gasteiger partial charge in [0.15, 0.2) is 5.96 Å². The molecule has 2 rings (SSSR count). The van der Waals surface area contributed by atoms with Gasteiger partial charge in [0.1, 0.15) is 0 Å². The van der Waals surface area contributed by atoms with E-state index in [4.69, 9.17) is 0 Å². The number of likely N-dealkylation sites (tertiary alicyclic amines) is 1. The minimum Gasteiger partial charge on any atom is -0.356 e. The Bertz CT molecular complexity index is 538. The van der Waals surface area contributed by atoms with Crippen LogP contribution in [0, 0.1) is 12.8 Å². The van der Waals surface area contributed by atoms with E-state index in [0.717, 1.165) is 19.0 Å². The van der Waals surface area contributed by atoms with Gasteiger partial charge >= 0.3 is 0 Å². The molecule has 0 aromatic heterocycles. The molecule has 1 aliphatic rings. The van der Waals surface area contributed by atoms with Crippen molar-refractivity contribution in [2.45, 2.75) is 38.1 Å². The maximum atomic E-state index is 4.35. The number of benzene rings is 1. The number of hydrogen-bond donors (Lipinski definition) is 2. The maximum Gasteiger partial charge on any atom is 0.191 e. The summed E-state index contributed by atoms with van der Waals surface area (Å²) in [6, 6.07) is 6.62. The lowest BCUT2D eigenvalue weighted by atomic mass is 10.1. The first-order chi connectivity index (χ1) is 11.6. The first kappa shape index (κ1) is 19.1. The van der Waals surface area contributed by atoms with Gasteiger partial charge in [0.25, 0.3) is 0 Å². The van der Waals surface area contributed by atoms with Gasteiger partial charge in [0, 0.05) is 31.6 Å². The number of hydrogen-bond acceptors (Lipinski definition) is 3. The van der Waals surface area contributed by atoms with Crippen LogP contribution in [0.3, 0.4) is 0 Å². The van der Waals surface area contributed by atoms with Gasteiger partial charge in [-0.25, -0.2) is 0 Å². The van der Waals surface area contributed by atoms with Crippen LogP contribution >= 0.6 is 11.8 Å². The summed E-state index contributed by atoms with van der Waals surface area (Å²) in [5, 5.41) is 6.91. The van der Waals surface area contributed by atoms with Crippen LogP contribution < -0.4 is 10.6 Å². The second kappa shape index (κ2) is 9.94. The largest absolute Gasteiger partial charge is 0.356 e. The van der Waals surface area contributed by atoms with Gasteiger partial charge in [0.05, 0.1) is 0 Å². The molecule has 1 fully saturated rings. The Hall–Kier alpha value is -1.20. The second-order valence-corrected chi connectivity index (χ2v) is 7.58. The number of aliphatic imine (C=N–C) groups is 1. The summed E-state index contributed by atoms with van der Waals surface area (Å²) in [7, 11) is 1.84. The zero-order chi connectivity index (χ0) is 17.4. The fraction of sp³-hybridized carbons (Fsp3) is 0.632. The SMILES string of the molecule is CN=C(NCc1ccc(C)cc1SC)NCC(C)CN1CCCC1. The van der Waals surface area contributed by atoms with Gasteiger partial charge in [-0.3, -0.25) is 4.99 Å². The minimum absolute atomic E-state index is 0.628. The Morgan fingerprint density at radius 3 is 2.71 bits per heavy atom. The lowest BCUT2D eigenvalue weighted by Gasteiger charge is -2.21. The van der Waals surface area contributed by atoms with Crippen molar-refractivity contribution in [2.24, 2.45) is 10.9 Å². The van der Waals surface area contributed by atoms with E-state index in [0.29, 0.717) is 5.92 Å². The van der Waals surface area contributed by atoms with E-state index in [9.17, 15) is 0 Å². The molecule has 0 saturated carbocycles. The standard InChI is InChI=1S/C19H32N4S/c1-15-7-8-17(18(11-15)24-4)13-22-19(20-3)21-12-16(2)14-23-9-5-6-10-23/h7-8,11,16H,5-6,9-10,12-14H2,1-4H3,(H2,20,21,22). The highest BCUT2D eigenvalue weighted by Crippen LogP contribution is 2.21. The molecule has 4 nitrogen and oxygen atoms in total. The molecule has 1 aromatic rings. The Morgan fingerprint density at radius 1 is 1.29 bits per heavy atom. The van der Waals surface area contributed by atoms with Crippen LogP contribution in [-0.2, 0) is 6.54 Å². The van der Waals surface area contributed by atoms with Crippen LogP contribution in [0.1, 0.15) is 30.9 Å². The summed E-state index contributed by atoms with van der Waals surface area (Å²) in [5.74, 6) is 1.51. The van der Waals surface area contributed by atoms with Crippen LogP contribution in [-0.4, -0.2) is 50.3 Å². The lowest BCUT2D eigenvalue weighted by Crippen LogP contribution is -2.41. The third-order valence-corrected chi connectivity index (χ3v) is 5.32. The van der Waals surface area contributed by atoms with E-state index in [2.05, 4.69) is 58.8 Å². The third-order valence-electron chi connectivity index (χ3n) is 4.50. The van der Waals surface area contributed by atoms with Crippen molar-refractivity contribution in [1.29, 1.82) is 0 Å². The van der Waals surface area contributed by atoms with E-state index in [1.807, 2.05) is 7.05 Å². The Kier molecular flexibility index (Phi) is 7.92. The molecule has 1 unspecified atom stereocenters. The van der Waals surface area contributed by atoms with E-state index in [1.165, 1.54) is 48.5 Å². The lowest BCUT2D eigenvalue weighted by molar-refractivity contribution is 0.287. The van der Waals surface area contributed by atoms with E-state index >= 15 is 0 Å². The molecule has 1 aliphatic heterocycles. The van der Waals surface area contributed by atoms with E-state index in [1.54, 1.807) is 11.8 Å². The van der Waals surface area contributed by atoms with Crippen molar-refractivity contribution in [3.63, 3.8) is 0 Å². The van der Waals surface area contributed by atoms with Crippen LogP contribution in [0.4, 0.5) is 0 Å². The molecule has 134 valence electrons. The minimum atomic E-state index is 0.628. The van der Waals surface area contributed by atoms with Crippen molar-refractivity contribution < 1.29 is 0 Å². The highest BCUT2D eigenvalue weighted by molar-refractivity contribution is 7.98. The molecule has 0 amide bonds. The Morgan fingerprint density at radius 2 is 2.04 bits per heavy atom. The predicted octanol–water partition coefficient (Wildman–Crippen LogP) is 3.11. The van der Waals surface area contributed by atoms with Crippen molar-refractivity contribution >= 4 is 17.7 Å².